The lowest BCUT2D eigenvalue weighted by atomic mass is 9.69. The lowest BCUT2D eigenvalue weighted by Gasteiger charge is -2.34. The number of nitrogens with zero attached hydrogens (tertiary/aromatic N) is 1. The summed E-state index contributed by atoms with van der Waals surface area (Å²) >= 11 is 0. The summed E-state index contributed by atoms with van der Waals surface area (Å²) < 4.78 is 0. The molecule has 0 aliphatic heterocycles. The summed E-state index contributed by atoms with van der Waals surface area (Å²) in [4.78, 5) is 2.34. The summed E-state index contributed by atoms with van der Waals surface area (Å²) in [5.74, 6) is 0. The van der Waals surface area contributed by atoms with Crippen molar-refractivity contribution in [3.63, 3.8) is 0 Å². The summed E-state index contributed by atoms with van der Waals surface area (Å²) in [6.07, 6.45) is 28.0. The number of benzene rings is 7. The third-order valence-corrected chi connectivity index (χ3v) is 18.1. The predicted octanol–water partition coefficient (Wildman–Crippen LogP) is 21.3. The Morgan fingerprint density at radius 1 is 0.342 bits per heavy atom. The summed E-state index contributed by atoms with van der Waals surface area (Å²) in [7, 11) is 2.21. The van der Waals surface area contributed by atoms with Crippen molar-refractivity contribution >= 4 is 11.4 Å². The van der Waals surface area contributed by atoms with Gasteiger partial charge in [0.2, 0.25) is 0 Å². The van der Waals surface area contributed by atoms with Crippen molar-refractivity contribution < 1.29 is 0 Å². The maximum Gasteiger partial charge on any atom is 0.0414 e. The number of hydrogen-bond donors (Lipinski definition) is 0. The van der Waals surface area contributed by atoms with E-state index in [1.165, 1.54) is 225 Å². The second-order valence-corrected chi connectivity index (χ2v) is 22.9. The van der Waals surface area contributed by atoms with Crippen LogP contribution in [0.25, 0.3) is 55.6 Å². The van der Waals surface area contributed by atoms with Crippen molar-refractivity contribution in [3.05, 3.63) is 178 Å². The fourth-order valence-corrected chi connectivity index (χ4v) is 13.7. The molecular weight excluding hydrogens is 879 g/mol. The van der Waals surface area contributed by atoms with Gasteiger partial charge in [-0.1, -0.05) is 233 Å². The van der Waals surface area contributed by atoms with Crippen LogP contribution in [0.2, 0.25) is 0 Å². The predicted molar refractivity (Wildman–Crippen MR) is 317 cm³/mol. The van der Waals surface area contributed by atoms with E-state index in [-0.39, 0.29) is 10.8 Å². The van der Waals surface area contributed by atoms with Gasteiger partial charge in [-0.25, -0.2) is 0 Å². The van der Waals surface area contributed by atoms with Crippen LogP contribution in [0.1, 0.15) is 195 Å². The molecular formula is C72H85N. The van der Waals surface area contributed by atoms with Crippen LogP contribution in [0.3, 0.4) is 0 Å². The summed E-state index contributed by atoms with van der Waals surface area (Å²) in [5.41, 5.74) is 27.1. The van der Waals surface area contributed by atoms with Gasteiger partial charge in [0.15, 0.2) is 0 Å². The maximum atomic E-state index is 2.69. The van der Waals surface area contributed by atoms with Gasteiger partial charge in [0, 0.05) is 29.3 Å². The summed E-state index contributed by atoms with van der Waals surface area (Å²) in [6.45, 7) is 11.7. The summed E-state index contributed by atoms with van der Waals surface area (Å²) in [6, 6.07) is 55.7. The molecule has 0 unspecified atom stereocenters. The minimum Gasteiger partial charge on any atom is -0.345 e. The fourth-order valence-electron chi connectivity index (χ4n) is 13.7. The molecule has 0 radical (unpaired) electrons. The standard InChI is InChI=1S/C72H85N/c1-7-11-15-19-42-71(43-20-16-12-8-2)67-46-52(5)26-38-63(67)64-40-34-59(50-69(64)71)60-35-41-66-65-39-33-58(49-68(65)72(70(66)51-60,44-21-17-13-9-3)45-22-18-14-10-4)54-31-36-61(37-32-54)73(6)62-25-23-24-55(48-62)57-30-28-53-27-29-56(53)47-57/h23-26,28,30-41,46-51H,7-22,27,29,42-45H2,1-6H3. The number of hydrogen-bond acceptors (Lipinski definition) is 1. The third-order valence-electron chi connectivity index (χ3n) is 18.1. The Bertz CT molecular complexity index is 2980. The molecule has 1 nitrogen and oxygen atoms in total. The van der Waals surface area contributed by atoms with Crippen LogP contribution in [0.15, 0.2) is 140 Å². The number of unbranched alkanes of at least 4 members (excludes halogenated alkanes) is 12. The van der Waals surface area contributed by atoms with Crippen LogP contribution in [0.4, 0.5) is 11.4 Å². The molecule has 10 rings (SSSR count). The second kappa shape index (κ2) is 22.8. The molecule has 3 aliphatic carbocycles. The molecule has 3 aliphatic rings. The first kappa shape index (κ1) is 50.9. The molecule has 0 spiro atoms. The quantitative estimate of drug-likeness (QED) is 0.0516. The van der Waals surface area contributed by atoms with E-state index < -0.39 is 0 Å². The van der Waals surface area contributed by atoms with Gasteiger partial charge < -0.3 is 4.90 Å². The van der Waals surface area contributed by atoms with Crippen LogP contribution in [-0.4, -0.2) is 7.05 Å². The Morgan fingerprint density at radius 2 is 0.740 bits per heavy atom. The van der Waals surface area contributed by atoms with Crippen LogP contribution >= 0.6 is 0 Å². The van der Waals surface area contributed by atoms with Crippen molar-refractivity contribution in [1.29, 1.82) is 0 Å². The first-order chi connectivity index (χ1) is 35.8. The molecule has 0 bridgehead atoms. The average molecular weight is 964 g/mol. The number of aryl methyl sites for hydroxylation is 3. The monoisotopic (exact) mass is 964 g/mol. The zero-order valence-corrected chi connectivity index (χ0v) is 45.8. The van der Waals surface area contributed by atoms with E-state index >= 15 is 0 Å². The van der Waals surface area contributed by atoms with Gasteiger partial charge in [0.25, 0.3) is 0 Å². The molecule has 0 fully saturated rings. The van der Waals surface area contributed by atoms with Crippen LogP contribution < -0.4 is 4.90 Å². The number of rotatable bonds is 25. The van der Waals surface area contributed by atoms with Crippen LogP contribution in [0, 0.1) is 6.92 Å². The van der Waals surface area contributed by atoms with E-state index in [4.69, 9.17) is 0 Å². The highest BCUT2D eigenvalue weighted by molar-refractivity contribution is 5.88. The minimum absolute atomic E-state index is 0.0180. The smallest absolute Gasteiger partial charge is 0.0414 e. The highest BCUT2D eigenvalue weighted by Crippen LogP contribution is 2.58. The topological polar surface area (TPSA) is 3.24 Å². The van der Waals surface area contributed by atoms with E-state index in [0.717, 1.165) is 0 Å². The van der Waals surface area contributed by atoms with Crippen LogP contribution in [-0.2, 0) is 23.7 Å². The number of fused-ring (bicyclic) bond motifs is 7. The van der Waals surface area contributed by atoms with Gasteiger partial charge in [-0.2, -0.15) is 0 Å². The molecule has 0 atom stereocenters. The van der Waals surface area contributed by atoms with Crippen molar-refractivity contribution in [2.24, 2.45) is 0 Å². The van der Waals surface area contributed by atoms with Crippen molar-refractivity contribution in [2.75, 3.05) is 11.9 Å². The normalized spacial score (nSPS) is 14.3. The first-order valence-electron chi connectivity index (χ1n) is 29.4. The van der Waals surface area contributed by atoms with Gasteiger partial charge in [-0.3, -0.25) is 0 Å². The third kappa shape index (κ3) is 10.2. The van der Waals surface area contributed by atoms with E-state index in [1.807, 2.05) is 0 Å². The molecule has 1 heteroatoms. The molecule has 0 N–H and O–H groups in total. The molecule has 7 aromatic carbocycles. The van der Waals surface area contributed by atoms with Gasteiger partial charge in [0.05, 0.1) is 0 Å². The zero-order valence-electron chi connectivity index (χ0n) is 45.8. The molecule has 378 valence electrons. The molecule has 0 aromatic heterocycles. The molecule has 73 heavy (non-hydrogen) atoms. The Hall–Kier alpha value is -5.66. The Kier molecular flexibility index (Phi) is 15.9. The largest absolute Gasteiger partial charge is 0.345 e. The average Bonchev–Trinajstić information content (AvgIpc) is 3.83. The molecule has 0 saturated heterocycles. The molecule has 0 saturated carbocycles. The lowest BCUT2D eigenvalue weighted by Crippen LogP contribution is -2.26. The van der Waals surface area contributed by atoms with Crippen molar-refractivity contribution in [2.45, 2.75) is 187 Å². The molecule has 7 aromatic rings. The highest BCUT2D eigenvalue weighted by Gasteiger charge is 2.44. The Labute approximate surface area is 441 Å². The van der Waals surface area contributed by atoms with Crippen molar-refractivity contribution in [3.8, 4) is 55.6 Å². The SMILES string of the molecule is CCCCCCC1(CCCCCC)c2cc(C)ccc2-c2ccc(-c3ccc4c(c3)C(CCCCCC)(CCCCCC)c3cc(-c5ccc(N(C)c6cccc(-c7ccc8c(c7)CC8)c6)cc5)ccc3-4)cc21. The minimum atomic E-state index is -0.0180. The lowest BCUT2D eigenvalue weighted by molar-refractivity contribution is 0.400. The van der Waals surface area contributed by atoms with E-state index in [2.05, 4.69) is 186 Å². The van der Waals surface area contributed by atoms with E-state index in [1.54, 1.807) is 22.3 Å². The highest BCUT2D eigenvalue weighted by atomic mass is 15.1. The van der Waals surface area contributed by atoms with E-state index in [0.29, 0.717) is 0 Å². The Morgan fingerprint density at radius 3 is 1.19 bits per heavy atom. The molecule has 0 heterocycles. The molecule has 0 amide bonds. The Balaban J connectivity index is 1.01. The maximum absolute atomic E-state index is 2.69. The van der Waals surface area contributed by atoms with Gasteiger partial charge in [-0.15, -0.1) is 0 Å². The number of anilines is 2. The van der Waals surface area contributed by atoms with Crippen molar-refractivity contribution in [1.82, 2.24) is 0 Å². The van der Waals surface area contributed by atoms with Gasteiger partial charge in [0.1, 0.15) is 0 Å². The van der Waals surface area contributed by atoms with Crippen LogP contribution in [0.5, 0.6) is 0 Å². The second-order valence-electron chi connectivity index (χ2n) is 22.9. The first-order valence-corrected chi connectivity index (χ1v) is 29.4. The zero-order chi connectivity index (χ0) is 50.4. The van der Waals surface area contributed by atoms with Gasteiger partial charge >= 0.3 is 0 Å². The van der Waals surface area contributed by atoms with E-state index in [9.17, 15) is 0 Å². The summed E-state index contributed by atoms with van der Waals surface area (Å²) in [5, 5.41) is 0. The van der Waals surface area contributed by atoms with Gasteiger partial charge in [-0.05, 0) is 177 Å². The fraction of sp³-hybridized carbons (Fsp3) is 0.417.